The van der Waals surface area contributed by atoms with Gasteiger partial charge in [-0.25, -0.2) is 15.0 Å². The molecule has 1 aromatic carbocycles. The summed E-state index contributed by atoms with van der Waals surface area (Å²) in [5, 5.41) is 22.7. The molecule has 1 aliphatic heterocycles. The summed E-state index contributed by atoms with van der Waals surface area (Å²) in [6, 6.07) is 15.0. The Morgan fingerprint density at radius 2 is 1.79 bits per heavy atom. The second-order valence-electron chi connectivity index (χ2n) is 11.0. The highest BCUT2D eigenvalue weighted by atomic mass is 16.1. The monoisotopic (exact) mass is 565 g/mol. The predicted octanol–water partition coefficient (Wildman–Crippen LogP) is 4.05. The van der Waals surface area contributed by atoms with Crippen LogP contribution in [0.1, 0.15) is 41.2 Å². The van der Waals surface area contributed by atoms with Crippen LogP contribution in [-0.4, -0.2) is 73.8 Å². The first-order chi connectivity index (χ1) is 20.1. The number of nitrogens with zero attached hydrogens (tertiary/aromatic N) is 8. The molecule has 1 aliphatic rings. The number of piperazine rings is 1. The highest BCUT2D eigenvalue weighted by molar-refractivity contribution is 6.04. The summed E-state index contributed by atoms with van der Waals surface area (Å²) in [6.07, 6.45) is 3.08. The number of nitriles is 1. The van der Waals surface area contributed by atoms with Gasteiger partial charge >= 0.3 is 0 Å². The lowest BCUT2D eigenvalue weighted by atomic mass is 9.90. The Kier molecular flexibility index (Phi) is 8.15. The molecule has 216 valence electrons. The minimum absolute atomic E-state index is 0.288. The molecule has 4 heterocycles. The second-order valence-corrected chi connectivity index (χ2v) is 11.0. The van der Waals surface area contributed by atoms with Crippen molar-refractivity contribution in [3.05, 3.63) is 77.5 Å². The number of rotatable bonds is 8. The number of aromatic nitrogens is 5. The molecule has 12 nitrogen and oxygen atoms in total. The number of carbonyl (C=O) groups is 1. The molecule has 4 aromatic rings. The number of likely N-dealkylation sites (N-methyl/N-ethyl adjacent to an activating group) is 1. The fourth-order valence-electron chi connectivity index (χ4n) is 4.51. The number of hydrogen-bond donors (Lipinski definition) is 3. The fraction of sp³-hybridized carbons (Fsp3) is 0.333. The lowest BCUT2D eigenvalue weighted by Gasteiger charge is -2.32. The van der Waals surface area contributed by atoms with Gasteiger partial charge in [0.15, 0.2) is 5.82 Å². The predicted molar refractivity (Wildman–Crippen MR) is 162 cm³/mol. The molecule has 0 spiro atoms. The number of carbonyl (C=O) groups excluding carboxylic acids is 1. The number of hydrazine groups is 1. The third-order valence-corrected chi connectivity index (χ3v) is 7.18. The highest BCUT2D eigenvalue weighted by Gasteiger charge is 2.23. The zero-order valence-corrected chi connectivity index (χ0v) is 24.5. The molecule has 0 bridgehead atoms. The van der Waals surface area contributed by atoms with E-state index in [0.717, 1.165) is 48.9 Å². The molecule has 0 saturated carbocycles. The molecule has 5 rings (SSSR count). The van der Waals surface area contributed by atoms with Crippen molar-refractivity contribution in [1.29, 1.82) is 5.26 Å². The number of amides is 1. The van der Waals surface area contributed by atoms with E-state index in [4.69, 9.17) is 0 Å². The van der Waals surface area contributed by atoms with Gasteiger partial charge < -0.3 is 21.0 Å². The minimum atomic E-state index is -0.802. The summed E-state index contributed by atoms with van der Waals surface area (Å²) in [5.74, 6) is 1.75. The first-order valence-electron chi connectivity index (χ1n) is 13.8. The van der Waals surface area contributed by atoms with Gasteiger partial charge in [0, 0.05) is 61.4 Å². The standard InChI is InChI=1S/C30H35N11O/c1-20-6-7-23(35-29(42)22-8-9-32-25(15-22)30(3,4)18-31)16-24(20)36-28-14-21(2)37-41(28)27-17-26(33-19-34-27)38-40-12-10-39(5)11-13-40/h6-9,14-17,19,36H,10-13H2,1-5H3,(H,35,42)(H,33,34,38). The number of anilines is 4. The largest absolute Gasteiger partial charge is 0.340 e. The molecule has 0 radical (unpaired) electrons. The summed E-state index contributed by atoms with van der Waals surface area (Å²) in [7, 11) is 2.12. The van der Waals surface area contributed by atoms with Crippen molar-refractivity contribution in [3.8, 4) is 11.9 Å². The van der Waals surface area contributed by atoms with Gasteiger partial charge in [0.05, 0.1) is 22.9 Å². The number of nitrogens with one attached hydrogen (secondary N) is 3. The van der Waals surface area contributed by atoms with Crippen LogP contribution in [0.15, 0.2) is 55.0 Å². The molecule has 12 heteroatoms. The van der Waals surface area contributed by atoms with Gasteiger partial charge in [0.1, 0.15) is 18.0 Å². The van der Waals surface area contributed by atoms with Crippen LogP contribution in [-0.2, 0) is 5.41 Å². The van der Waals surface area contributed by atoms with Gasteiger partial charge in [-0.3, -0.25) is 9.78 Å². The number of aryl methyl sites for hydroxylation is 2. The molecule has 3 N–H and O–H groups in total. The molecule has 0 unspecified atom stereocenters. The van der Waals surface area contributed by atoms with Crippen molar-refractivity contribution in [1.82, 2.24) is 34.6 Å². The zero-order valence-electron chi connectivity index (χ0n) is 24.5. The number of hydrogen-bond acceptors (Lipinski definition) is 10. The Morgan fingerprint density at radius 3 is 2.55 bits per heavy atom. The SMILES string of the molecule is Cc1cc(Nc2cc(NC(=O)c3ccnc(C(C)(C)C#N)c3)ccc2C)n(-c2cc(NN3CCN(C)CC3)ncn2)n1. The Morgan fingerprint density at radius 1 is 1.00 bits per heavy atom. The average Bonchev–Trinajstić information content (AvgIpc) is 3.36. The van der Waals surface area contributed by atoms with E-state index in [9.17, 15) is 10.1 Å². The smallest absolute Gasteiger partial charge is 0.255 e. The minimum Gasteiger partial charge on any atom is -0.340 e. The van der Waals surface area contributed by atoms with Crippen molar-refractivity contribution < 1.29 is 4.79 Å². The Bertz CT molecular complexity index is 1630. The van der Waals surface area contributed by atoms with Crippen molar-refractivity contribution in [3.63, 3.8) is 0 Å². The average molecular weight is 566 g/mol. The summed E-state index contributed by atoms with van der Waals surface area (Å²) in [6.45, 7) is 11.2. The van der Waals surface area contributed by atoms with Crippen LogP contribution in [0.4, 0.5) is 23.0 Å². The number of pyridine rings is 1. The Hall–Kier alpha value is -4.86. The van der Waals surface area contributed by atoms with Gasteiger partial charge in [-0.1, -0.05) is 6.07 Å². The topological polar surface area (TPSA) is 140 Å². The van der Waals surface area contributed by atoms with E-state index in [1.807, 2.05) is 44.2 Å². The lowest BCUT2D eigenvalue weighted by Crippen LogP contribution is -2.47. The summed E-state index contributed by atoms with van der Waals surface area (Å²) in [5.41, 5.74) is 6.78. The van der Waals surface area contributed by atoms with Crippen LogP contribution in [0, 0.1) is 25.2 Å². The van der Waals surface area contributed by atoms with E-state index >= 15 is 0 Å². The van der Waals surface area contributed by atoms with Crippen LogP contribution in [0.25, 0.3) is 5.82 Å². The number of benzene rings is 1. The zero-order chi connectivity index (χ0) is 29.9. The van der Waals surface area contributed by atoms with Gasteiger partial charge in [0.2, 0.25) is 0 Å². The van der Waals surface area contributed by atoms with Crippen molar-refractivity contribution in [2.75, 3.05) is 49.3 Å². The maximum Gasteiger partial charge on any atom is 0.255 e. The van der Waals surface area contributed by atoms with Gasteiger partial charge in [-0.15, -0.1) is 0 Å². The van der Waals surface area contributed by atoms with Crippen molar-refractivity contribution >= 4 is 28.9 Å². The fourth-order valence-corrected chi connectivity index (χ4v) is 4.51. The second kappa shape index (κ2) is 11.9. The van der Waals surface area contributed by atoms with E-state index in [2.05, 4.69) is 59.1 Å². The van der Waals surface area contributed by atoms with Gasteiger partial charge in [-0.05, 0) is 64.6 Å². The van der Waals surface area contributed by atoms with Crippen molar-refractivity contribution in [2.45, 2.75) is 33.1 Å². The normalized spacial score (nSPS) is 14.3. The Balaban J connectivity index is 1.34. The van der Waals surface area contributed by atoms with Crippen LogP contribution in [0.5, 0.6) is 0 Å². The molecule has 3 aromatic heterocycles. The maximum atomic E-state index is 13.1. The lowest BCUT2D eigenvalue weighted by molar-refractivity contribution is 0.102. The van der Waals surface area contributed by atoms with Gasteiger partial charge in [-0.2, -0.15) is 15.0 Å². The molecular formula is C30H35N11O. The Labute approximate surface area is 245 Å². The van der Waals surface area contributed by atoms with Crippen LogP contribution < -0.4 is 16.1 Å². The molecule has 1 saturated heterocycles. The van der Waals surface area contributed by atoms with Gasteiger partial charge in [0.25, 0.3) is 5.91 Å². The third-order valence-electron chi connectivity index (χ3n) is 7.18. The van der Waals surface area contributed by atoms with Crippen LogP contribution in [0.3, 0.4) is 0 Å². The molecule has 0 aliphatic carbocycles. The quantitative estimate of drug-likeness (QED) is 0.287. The van der Waals surface area contributed by atoms with Crippen LogP contribution >= 0.6 is 0 Å². The van der Waals surface area contributed by atoms with E-state index < -0.39 is 5.41 Å². The summed E-state index contributed by atoms with van der Waals surface area (Å²) in [4.78, 5) is 28.5. The summed E-state index contributed by atoms with van der Waals surface area (Å²) < 4.78 is 1.74. The highest BCUT2D eigenvalue weighted by Crippen LogP contribution is 2.27. The molecule has 1 fully saturated rings. The molecule has 0 atom stereocenters. The first-order valence-corrected chi connectivity index (χ1v) is 13.8. The third kappa shape index (κ3) is 6.54. The summed E-state index contributed by atoms with van der Waals surface area (Å²) >= 11 is 0. The van der Waals surface area contributed by atoms with Crippen molar-refractivity contribution in [2.24, 2.45) is 0 Å². The molecule has 1 amide bonds. The van der Waals surface area contributed by atoms with Crippen LogP contribution in [0.2, 0.25) is 0 Å². The molecule has 42 heavy (non-hydrogen) atoms. The molecular weight excluding hydrogens is 530 g/mol. The van der Waals surface area contributed by atoms with E-state index in [-0.39, 0.29) is 5.91 Å². The first kappa shape index (κ1) is 28.7. The van der Waals surface area contributed by atoms with E-state index in [0.29, 0.717) is 28.6 Å². The van der Waals surface area contributed by atoms with E-state index in [1.54, 1.807) is 36.9 Å². The van der Waals surface area contributed by atoms with E-state index in [1.165, 1.54) is 6.33 Å². The maximum absolute atomic E-state index is 13.1.